The minimum Gasteiger partial charge on any atom is -0.490 e. The number of ether oxygens (including phenoxy) is 2. The first-order valence-corrected chi connectivity index (χ1v) is 11.0. The summed E-state index contributed by atoms with van der Waals surface area (Å²) in [5.74, 6) is 1.26. The van der Waals surface area contributed by atoms with Crippen LogP contribution >= 0.6 is 24.8 Å². The van der Waals surface area contributed by atoms with Gasteiger partial charge in [-0.25, -0.2) is 0 Å². The van der Waals surface area contributed by atoms with Crippen LogP contribution in [0.3, 0.4) is 0 Å². The molecule has 1 aromatic heterocycles. The van der Waals surface area contributed by atoms with Crippen LogP contribution in [0.15, 0.2) is 48.5 Å². The molecule has 1 N–H and O–H groups in total. The molecular formula is C23H34Cl2N6O2. The highest BCUT2D eigenvalue weighted by atomic mass is 35.5. The third-order valence-corrected chi connectivity index (χ3v) is 5.00. The molecule has 0 saturated carbocycles. The molecule has 0 unspecified atom stereocenters. The molecule has 0 fully saturated rings. The molecule has 0 atom stereocenters. The predicted molar refractivity (Wildman–Crippen MR) is 135 cm³/mol. The highest BCUT2D eigenvalue weighted by Crippen LogP contribution is 2.32. The number of tetrazole rings is 1. The molecule has 0 aliphatic rings. The molecule has 0 bridgehead atoms. The number of hydrogen-bond acceptors (Lipinski definition) is 7. The van der Waals surface area contributed by atoms with Gasteiger partial charge in [-0.05, 0) is 79.8 Å². The summed E-state index contributed by atoms with van der Waals surface area (Å²) < 4.78 is 13.4. The molecule has 3 rings (SSSR count). The summed E-state index contributed by atoms with van der Waals surface area (Å²) in [5, 5.41) is 15.3. The molecule has 8 nitrogen and oxygen atoms in total. The molecule has 182 valence electrons. The average molecular weight is 497 g/mol. The first-order chi connectivity index (χ1) is 15.2. The van der Waals surface area contributed by atoms with Gasteiger partial charge in [-0.3, -0.25) is 0 Å². The standard InChI is InChI=1S/C23H32N6O2.2ClH/c1-4-28(5-2)16-10-15-24-18-19-13-14-21(22(17-19)30-6-3)31-23-25-26-27-29(23)20-11-8-7-9-12-20;;/h7-9,11-14,17,24H,4-6,10,15-16,18H2,1-3H3;2*1H. The number of nitrogens with zero attached hydrogens (tertiary/aromatic N) is 5. The second-order valence-corrected chi connectivity index (χ2v) is 7.08. The van der Waals surface area contributed by atoms with Crippen LogP contribution in [0.2, 0.25) is 0 Å². The lowest BCUT2D eigenvalue weighted by molar-refractivity contribution is 0.298. The summed E-state index contributed by atoms with van der Waals surface area (Å²) in [5.41, 5.74) is 1.97. The number of nitrogens with one attached hydrogen (secondary N) is 1. The van der Waals surface area contributed by atoms with Gasteiger partial charge in [0.15, 0.2) is 11.5 Å². The van der Waals surface area contributed by atoms with E-state index in [0.717, 1.165) is 50.4 Å². The number of para-hydroxylation sites is 1. The van der Waals surface area contributed by atoms with Gasteiger partial charge in [0.05, 0.1) is 12.3 Å². The molecule has 2 aromatic carbocycles. The van der Waals surface area contributed by atoms with Crippen molar-refractivity contribution >= 4 is 24.8 Å². The maximum absolute atomic E-state index is 6.01. The number of halogens is 2. The maximum Gasteiger partial charge on any atom is 0.346 e. The Bertz CT molecular complexity index is 922. The van der Waals surface area contributed by atoms with Gasteiger partial charge in [0.25, 0.3) is 0 Å². The molecule has 0 saturated heterocycles. The van der Waals surface area contributed by atoms with Crippen LogP contribution in [0.4, 0.5) is 0 Å². The van der Waals surface area contributed by atoms with Gasteiger partial charge in [0, 0.05) is 6.54 Å². The van der Waals surface area contributed by atoms with E-state index in [4.69, 9.17) is 9.47 Å². The molecule has 0 spiro atoms. The van der Waals surface area contributed by atoms with Gasteiger partial charge in [-0.2, -0.15) is 4.68 Å². The van der Waals surface area contributed by atoms with E-state index in [2.05, 4.69) is 39.6 Å². The minimum absolute atomic E-state index is 0. The van der Waals surface area contributed by atoms with Crippen LogP contribution in [-0.2, 0) is 6.54 Å². The van der Waals surface area contributed by atoms with Crippen molar-refractivity contribution in [2.45, 2.75) is 33.7 Å². The van der Waals surface area contributed by atoms with Crippen molar-refractivity contribution in [2.75, 3.05) is 32.8 Å². The van der Waals surface area contributed by atoms with Crippen LogP contribution in [0.25, 0.3) is 5.69 Å². The van der Waals surface area contributed by atoms with E-state index in [9.17, 15) is 0 Å². The minimum atomic E-state index is 0. The first kappa shape index (κ1) is 28.6. The third kappa shape index (κ3) is 8.47. The van der Waals surface area contributed by atoms with E-state index in [1.165, 1.54) is 0 Å². The summed E-state index contributed by atoms with van der Waals surface area (Å²) in [7, 11) is 0. The van der Waals surface area contributed by atoms with Gasteiger partial charge in [-0.15, -0.1) is 24.8 Å². The number of benzene rings is 2. The average Bonchev–Trinajstić information content (AvgIpc) is 3.27. The van der Waals surface area contributed by atoms with E-state index in [1.807, 2.05) is 55.5 Å². The number of aromatic nitrogens is 4. The monoisotopic (exact) mass is 496 g/mol. The van der Waals surface area contributed by atoms with E-state index < -0.39 is 0 Å². The van der Waals surface area contributed by atoms with Crippen molar-refractivity contribution in [1.82, 2.24) is 30.4 Å². The summed E-state index contributed by atoms with van der Waals surface area (Å²) in [6, 6.07) is 15.9. The van der Waals surface area contributed by atoms with Crippen molar-refractivity contribution in [3.8, 4) is 23.2 Å². The van der Waals surface area contributed by atoms with Crippen LogP contribution in [-0.4, -0.2) is 57.9 Å². The highest BCUT2D eigenvalue weighted by molar-refractivity contribution is 5.85. The Morgan fingerprint density at radius 1 is 0.970 bits per heavy atom. The van der Waals surface area contributed by atoms with Gasteiger partial charge < -0.3 is 19.7 Å². The summed E-state index contributed by atoms with van der Waals surface area (Å²) in [4.78, 5) is 2.43. The lowest BCUT2D eigenvalue weighted by Gasteiger charge is -2.17. The fourth-order valence-electron chi connectivity index (χ4n) is 3.29. The van der Waals surface area contributed by atoms with E-state index in [1.54, 1.807) is 4.68 Å². The van der Waals surface area contributed by atoms with Crippen molar-refractivity contribution in [2.24, 2.45) is 0 Å². The SMILES string of the molecule is CCOc1cc(CNCCCN(CC)CC)ccc1Oc1nnnn1-c1ccccc1.Cl.Cl. The zero-order chi connectivity index (χ0) is 21.9. The van der Waals surface area contributed by atoms with E-state index >= 15 is 0 Å². The Morgan fingerprint density at radius 2 is 1.73 bits per heavy atom. The summed E-state index contributed by atoms with van der Waals surface area (Å²) in [6.45, 7) is 12.0. The van der Waals surface area contributed by atoms with Crippen LogP contribution < -0.4 is 14.8 Å². The third-order valence-electron chi connectivity index (χ3n) is 5.00. The Labute approximate surface area is 208 Å². The Kier molecular flexibility index (Phi) is 13.4. The fraction of sp³-hybridized carbons (Fsp3) is 0.435. The van der Waals surface area contributed by atoms with Gasteiger partial charge in [0.2, 0.25) is 0 Å². The van der Waals surface area contributed by atoms with Crippen molar-refractivity contribution < 1.29 is 9.47 Å². The van der Waals surface area contributed by atoms with Crippen molar-refractivity contribution in [3.63, 3.8) is 0 Å². The lowest BCUT2D eigenvalue weighted by Crippen LogP contribution is -2.27. The van der Waals surface area contributed by atoms with E-state index in [0.29, 0.717) is 18.1 Å². The van der Waals surface area contributed by atoms with Crippen molar-refractivity contribution in [1.29, 1.82) is 0 Å². The summed E-state index contributed by atoms with van der Waals surface area (Å²) >= 11 is 0. The van der Waals surface area contributed by atoms with Gasteiger partial charge in [-0.1, -0.05) is 43.2 Å². The molecule has 0 aliphatic carbocycles. The maximum atomic E-state index is 6.01. The zero-order valence-electron chi connectivity index (χ0n) is 19.4. The summed E-state index contributed by atoms with van der Waals surface area (Å²) in [6.07, 6.45) is 1.13. The largest absolute Gasteiger partial charge is 0.490 e. The molecule has 0 radical (unpaired) electrons. The second-order valence-electron chi connectivity index (χ2n) is 7.08. The zero-order valence-corrected chi connectivity index (χ0v) is 21.1. The second kappa shape index (κ2) is 15.4. The normalized spacial score (nSPS) is 10.4. The molecule has 10 heteroatoms. The van der Waals surface area contributed by atoms with Gasteiger partial charge in [0.1, 0.15) is 0 Å². The van der Waals surface area contributed by atoms with Gasteiger partial charge >= 0.3 is 6.01 Å². The first-order valence-electron chi connectivity index (χ1n) is 11.0. The Balaban J connectivity index is 0.00000272. The topological polar surface area (TPSA) is 77.3 Å². The Morgan fingerprint density at radius 3 is 2.42 bits per heavy atom. The number of hydrogen-bond donors (Lipinski definition) is 1. The molecule has 1 heterocycles. The van der Waals surface area contributed by atoms with Crippen LogP contribution in [0, 0.1) is 0 Å². The van der Waals surface area contributed by atoms with E-state index in [-0.39, 0.29) is 30.8 Å². The van der Waals surface area contributed by atoms with Crippen LogP contribution in [0.5, 0.6) is 17.5 Å². The Hall–Kier alpha value is -2.39. The smallest absolute Gasteiger partial charge is 0.346 e. The fourth-order valence-corrected chi connectivity index (χ4v) is 3.29. The molecular weight excluding hydrogens is 463 g/mol. The lowest BCUT2D eigenvalue weighted by atomic mass is 10.2. The van der Waals surface area contributed by atoms with Crippen molar-refractivity contribution in [3.05, 3.63) is 54.1 Å². The number of rotatable bonds is 13. The molecule has 0 aliphatic heterocycles. The molecule has 33 heavy (non-hydrogen) atoms. The molecule has 0 amide bonds. The predicted octanol–water partition coefficient (Wildman–Crippen LogP) is 4.52. The highest BCUT2D eigenvalue weighted by Gasteiger charge is 2.14. The van der Waals surface area contributed by atoms with Crippen LogP contribution in [0.1, 0.15) is 32.8 Å². The quantitative estimate of drug-likeness (QED) is 0.348. The molecule has 3 aromatic rings.